The first-order valence-electron chi connectivity index (χ1n) is 5.06. The van der Waals surface area contributed by atoms with Crippen molar-refractivity contribution in [3.8, 4) is 0 Å². The van der Waals surface area contributed by atoms with Gasteiger partial charge in [-0.05, 0) is 12.8 Å². The fourth-order valence-corrected chi connectivity index (χ4v) is 1.70. The molecule has 1 N–H and O–H groups in total. The van der Waals surface area contributed by atoms with Crippen LogP contribution in [0.5, 0.6) is 0 Å². The first kappa shape index (κ1) is 11.6. The number of hydrogen-bond acceptors (Lipinski definition) is 1. The summed E-state index contributed by atoms with van der Waals surface area (Å²) < 4.78 is 0.806. The highest BCUT2D eigenvalue weighted by molar-refractivity contribution is 9.11. The van der Waals surface area contributed by atoms with E-state index in [1.54, 1.807) is 0 Å². The lowest BCUT2D eigenvalue weighted by molar-refractivity contribution is 0.201. The van der Waals surface area contributed by atoms with Gasteiger partial charge in [0.25, 0.3) is 0 Å². The third-order valence-electron chi connectivity index (χ3n) is 2.32. The predicted octanol–water partition coefficient (Wildman–Crippen LogP) is 2.48. The number of carbonyl (C=O) groups is 1. The van der Waals surface area contributed by atoms with Gasteiger partial charge >= 0.3 is 6.03 Å². The van der Waals surface area contributed by atoms with Crippen LogP contribution in [0.15, 0.2) is 11.1 Å². The number of likely N-dealkylation sites (tertiary alicyclic amines) is 1. The summed E-state index contributed by atoms with van der Waals surface area (Å²) in [5.74, 6) is 0. The molecule has 1 rings (SSSR count). The maximum absolute atomic E-state index is 11.6. The van der Waals surface area contributed by atoms with Crippen molar-refractivity contribution < 1.29 is 4.79 Å². The number of nitrogens with zero attached hydrogens (tertiary/aromatic N) is 1. The van der Waals surface area contributed by atoms with Gasteiger partial charge in [-0.2, -0.15) is 0 Å². The van der Waals surface area contributed by atoms with Gasteiger partial charge in [-0.15, -0.1) is 0 Å². The Morgan fingerprint density at radius 1 is 1.29 bits per heavy atom. The second kappa shape index (κ2) is 6.06. The van der Waals surface area contributed by atoms with Crippen molar-refractivity contribution in [1.82, 2.24) is 10.2 Å². The smallest absolute Gasteiger partial charge is 0.317 e. The lowest BCUT2D eigenvalue weighted by Crippen LogP contribution is -2.40. The van der Waals surface area contributed by atoms with Crippen molar-refractivity contribution >= 4 is 22.0 Å². The molecule has 0 aromatic rings. The molecule has 14 heavy (non-hydrogen) atoms. The Labute approximate surface area is 93.7 Å². The van der Waals surface area contributed by atoms with Crippen LogP contribution in [0.3, 0.4) is 0 Å². The minimum atomic E-state index is 0.0347. The van der Waals surface area contributed by atoms with Gasteiger partial charge in [0, 0.05) is 17.6 Å². The van der Waals surface area contributed by atoms with E-state index in [1.807, 2.05) is 4.90 Å². The minimum absolute atomic E-state index is 0.0347. The van der Waals surface area contributed by atoms with Gasteiger partial charge in [0.15, 0.2) is 0 Å². The third kappa shape index (κ3) is 4.13. The van der Waals surface area contributed by atoms with E-state index in [2.05, 4.69) is 27.8 Å². The lowest BCUT2D eigenvalue weighted by atomic mass is 10.2. The average Bonchev–Trinajstić information content (AvgIpc) is 2.42. The summed E-state index contributed by atoms with van der Waals surface area (Å²) in [6.45, 7) is 5.96. The number of rotatable bonds is 2. The number of halogens is 1. The molecule has 0 radical (unpaired) electrons. The molecule has 1 aliphatic heterocycles. The Bertz CT molecular complexity index is 210. The van der Waals surface area contributed by atoms with Gasteiger partial charge in [0.05, 0.1) is 6.54 Å². The Balaban J connectivity index is 2.30. The van der Waals surface area contributed by atoms with E-state index >= 15 is 0 Å². The van der Waals surface area contributed by atoms with E-state index in [0.29, 0.717) is 6.54 Å². The van der Waals surface area contributed by atoms with Crippen molar-refractivity contribution in [2.24, 2.45) is 0 Å². The lowest BCUT2D eigenvalue weighted by Gasteiger charge is -2.20. The third-order valence-corrected chi connectivity index (χ3v) is 2.61. The summed E-state index contributed by atoms with van der Waals surface area (Å²) in [7, 11) is 0. The summed E-state index contributed by atoms with van der Waals surface area (Å²) in [6.07, 6.45) is 4.75. The zero-order chi connectivity index (χ0) is 10.4. The van der Waals surface area contributed by atoms with E-state index in [1.165, 1.54) is 12.8 Å². The Kier molecular flexibility index (Phi) is 5.01. The van der Waals surface area contributed by atoms with Gasteiger partial charge < -0.3 is 10.2 Å². The Morgan fingerprint density at radius 3 is 2.36 bits per heavy atom. The molecule has 3 nitrogen and oxygen atoms in total. The van der Waals surface area contributed by atoms with Crippen molar-refractivity contribution in [2.75, 3.05) is 19.6 Å². The Hall–Kier alpha value is -0.510. The van der Waals surface area contributed by atoms with Crippen molar-refractivity contribution in [3.63, 3.8) is 0 Å². The van der Waals surface area contributed by atoms with E-state index in [0.717, 1.165) is 30.4 Å². The number of amides is 2. The minimum Gasteiger partial charge on any atom is -0.333 e. The second-order valence-electron chi connectivity index (χ2n) is 3.58. The molecular formula is C10H17BrN2O. The van der Waals surface area contributed by atoms with Crippen LogP contribution in [0.1, 0.15) is 25.7 Å². The quantitative estimate of drug-likeness (QED) is 0.813. The monoisotopic (exact) mass is 260 g/mol. The molecule has 4 heteroatoms. The van der Waals surface area contributed by atoms with Crippen LogP contribution in [-0.4, -0.2) is 30.6 Å². The maximum atomic E-state index is 11.6. The highest BCUT2D eigenvalue weighted by Crippen LogP contribution is 2.09. The largest absolute Gasteiger partial charge is 0.333 e. The van der Waals surface area contributed by atoms with Crippen molar-refractivity contribution in [2.45, 2.75) is 25.7 Å². The number of nitrogens with one attached hydrogen (secondary N) is 1. The van der Waals surface area contributed by atoms with Gasteiger partial charge in [-0.3, -0.25) is 0 Å². The van der Waals surface area contributed by atoms with Crippen molar-refractivity contribution in [1.29, 1.82) is 0 Å². The number of urea groups is 1. The molecule has 0 unspecified atom stereocenters. The topological polar surface area (TPSA) is 32.3 Å². The summed E-state index contributed by atoms with van der Waals surface area (Å²) in [5.41, 5.74) is 0. The maximum Gasteiger partial charge on any atom is 0.317 e. The molecule has 0 bridgehead atoms. The van der Waals surface area contributed by atoms with Gasteiger partial charge in [-0.25, -0.2) is 4.79 Å². The van der Waals surface area contributed by atoms with Crippen LogP contribution in [0.25, 0.3) is 0 Å². The highest BCUT2D eigenvalue weighted by Gasteiger charge is 2.14. The van der Waals surface area contributed by atoms with E-state index < -0.39 is 0 Å². The highest BCUT2D eigenvalue weighted by atomic mass is 79.9. The predicted molar refractivity (Wildman–Crippen MR) is 61.5 cm³/mol. The molecule has 1 heterocycles. The van der Waals surface area contributed by atoms with Crippen LogP contribution >= 0.6 is 15.9 Å². The molecule has 0 spiro atoms. The molecule has 1 saturated heterocycles. The summed E-state index contributed by atoms with van der Waals surface area (Å²) in [6, 6.07) is 0.0347. The fraction of sp³-hybridized carbons (Fsp3) is 0.700. The first-order chi connectivity index (χ1) is 6.70. The molecule has 0 aliphatic carbocycles. The molecule has 0 atom stereocenters. The molecule has 2 amide bonds. The van der Waals surface area contributed by atoms with Crippen LogP contribution in [0.4, 0.5) is 4.79 Å². The van der Waals surface area contributed by atoms with Gasteiger partial charge in [0.2, 0.25) is 0 Å². The Morgan fingerprint density at radius 2 is 1.86 bits per heavy atom. The molecule has 1 aliphatic rings. The molecule has 1 fully saturated rings. The number of carbonyl (C=O) groups excluding carboxylic acids is 1. The average molecular weight is 261 g/mol. The fourth-order valence-electron chi connectivity index (χ4n) is 1.56. The summed E-state index contributed by atoms with van der Waals surface area (Å²) in [5, 5.41) is 2.82. The molecule has 80 valence electrons. The van der Waals surface area contributed by atoms with Crippen molar-refractivity contribution in [3.05, 3.63) is 11.1 Å². The number of hydrogen-bond donors (Lipinski definition) is 1. The standard InChI is InChI=1S/C10H17BrN2O/c1-9(11)8-12-10(14)13-6-4-2-3-5-7-13/h1-8H2,(H,12,14). The van der Waals surface area contributed by atoms with Crippen LogP contribution in [0, 0.1) is 0 Å². The van der Waals surface area contributed by atoms with E-state index in [-0.39, 0.29) is 6.03 Å². The first-order valence-corrected chi connectivity index (χ1v) is 5.85. The molecule has 0 aromatic heterocycles. The van der Waals surface area contributed by atoms with Crippen LogP contribution in [-0.2, 0) is 0 Å². The van der Waals surface area contributed by atoms with Crippen LogP contribution in [0.2, 0.25) is 0 Å². The second-order valence-corrected chi connectivity index (χ2v) is 4.70. The van der Waals surface area contributed by atoms with E-state index in [4.69, 9.17) is 0 Å². The molecule has 0 saturated carbocycles. The van der Waals surface area contributed by atoms with Gasteiger partial charge in [-0.1, -0.05) is 35.4 Å². The zero-order valence-corrected chi connectivity index (χ0v) is 9.98. The van der Waals surface area contributed by atoms with Gasteiger partial charge in [0.1, 0.15) is 0 Å². The van der Waals surface area contributed by atoms with E-state index in [9.17, 15) is 4.79 Å². The SMILES string of the molecule is C=C(Br)CNC(=O)N1CCCCCC1. The summed E-state index contributed by atoms with van der Waals surface area (Å²) in [4.78, 5) is 13.5. The summed E-state index contributed by atoms with van der Waals surface area (Å²) >= 11 is 3.21. The normalized spacial score (nSPS) is 17.4. The molecule has 0 aromatic carbocycles. The zero-order valence-electron chi connectivity index (χ0n) is 8.39. The molecular weight excluding hydrogens is 244 g/mol. The van der Waals surface area contributed by atoms with Crippen LogP contribution < -0.4 is 5.32 Å².